The van der Waals surface area contributed by atoms with Crippen LogP contribution in [0.3, 0.4) is 0 Å². The van der Waals surface area contributed by atoms with E-state index in [4.69, 9.17) is 0 Å². The normalized spacial score (nSPS) is 23.9. The van der Waals surface area contributed by atoms with Crippen LogP contribution in [0.15, 0.2) is 6.07 Å². The molecule has 0 radical (unpaired) electrons. The van der Waals surface area contributed by atoms with Gasteiger partial charge in [-0.25, -0.2) is 0 Å². The smallest absolute Gasteiger partial charge is 0.151 e. The molecule has 0 saturated carbocycles. The molecule has 0 amide bonds. The van der Waals surface area contributed by atoms with Crippen LogP contribution in [0.25, 0.3) is 0 Å². The molecule has 0 aromatic carbocycles. The average molecular weight is 315 g/mol. The molecule has 0 bridgehead atoms. The van der Waals surface area contributed by atoms with Crippen LogP contribution in [-0.4, -0.2) is 71.3 Å². The highest BCUT2D eigenvalue weighted by atomic mass is 15.4. The van der Waals surface area contributed by atoms with Gasteiger partial charge in [0.05, 0.1) is 5.69 Å². The van der Waals surface area contributed by atoms with Gasteiger partial charge in [-0.3, -0.25) is 9.80 Å². The zero-order valence-corrected chi connectivity index (χ0v) is 14.5. The third-order valence-electron chi connectivity index (χ3n) is 5.84. The summed E-state index contributed by atoms with van der Waals surface area (Å²) in [6.07, 6.45) is 4.88. The first-order valence-corrected chi connectivity index (χ1v) is 9.29. The maximum Gasteiger partial charge on any atom is 0.151 e. The number of hydrogen-bond donors (Lipinski definition) is 0. The zero-order chi connectivity index (χ0) is 15.8. The SMILES string of the molecule is CC(C)N1CCN(C2CN(c3cc4c(nn3)CCCC4)C2)CC1. The Morgan fingerprint density at radius 2 is 1.74 bits per heavy atom. The molecule has 23 heavy (non-hydrogen) atoms. The summed E-state index contributed by atoms with van der Waals surface area (Å²) in [5.41, 5.74) is 2.68. The number of anilines is 1. The molecule has 3 heterocycles. The molecule has 4 rings (SSSR count). The van der Waals surface area contributed by atoms with Crippen molar-refractivity contribution < 1.29 is 0 Å². The highest BCUT2D eigenvalue weighted by molar-refractivity contribution is 5.45. The lowest BCUT2D eigenvalue weighted by molar-refractivity contribution is 0.0676. The Balaban J connectivity index is 1.32. The van der Waals surface area contributed by atoms with E-state index in [0.717, 1.165) is 25.3 Å². The quantitative estimate of drug-likeness (QED) is 0.846. The number of aryl methyl sites for hydroxylation is 2. The Labute approximate surface area is 139 Å². The monoisotopic (exact) mass is 315 g/mol. The second-order valence-corrected chi connectivity index (χ2v) is 7.61. The molecule has 2 saturated heterocycles. The lowest BCUT2D eigenvalue weighted by Gasteiger charge is -2.49. The Morgan fingerprint density at radius 1 is 1.00 bits per heavy atom. The van der Waals surface area contributed by atoms with Gasteiger partial charge in [-0.15, -0.1) is 5.10 Å². The highest BCUT2D eigenvalue weighted by Crippen LogP contribution is 2.26. The lowest BCUT2D eigenvalue weighted by atomic mass is 9.96. The number of aromatic nitrogens is 2. The molecule has 1 aromatic heterocycles. The van der Waals surface area contributed by atoms with Crippen LogP contribution >= 0.6 is 0 Å². The van der Waals surface area contributed by atoms with Gasteiger partial charge in [0.1, 0.15) is 0 Å². The van der Waals surface area contributed by atoms with E-state index < -0.39 is 0 Å². The fourth-order valence-corrected chi connectivity index (χ4v) is 4.13. The maximum atomic E-state index is 4.48. The van der Waals surface area contributed by atoms with E-state index in [1.807, 2.05) is 0 Å². The Bertz CT molecular complexity index is 544. The minimum atomic E-state index is 0.681. The van der Waals surface area contributed by atoms with Crippen molar-refractivity contribution in [2.24, 2.45) is 0 Å². The summed E-state index contributed by atoms with van der Waals surface area (Å²) in [5, 5.41) is 8.96. The minimum Gasteiger partial charge on any atom is -0.352 e. The van der Waals surface area contributed by atoms with Crippen LogP contribution in [0.2, 0.25) is 0 Å². The summed E-state index contributed by atoms with van der Waals surface area (Å²) >= 11 is 0. The third kappa shape index (κ3) is 3.09. The van der Waals surface area contributed by atoms with Crippen LogP contribution in [0.5, 0.6) is 0 Å². The largest absolute Gasteiger partial charge is 0.352 e. The minimum absolute atomic E-state index is 0.681. The van der Waals surface area contributed by atoms with Gasteiger partial charge in [0, 0.05) is 51.4 Å². The first-order valence-electron chi connectivity index (χ1n) is 9.29. The summed E-state index contributed by atoms with van der Waals surface area (Å²) in [6, 6.07) is 3.69. The van der Waals surface area contributed by atoms with Crippen molar-refractivity contribution in [3.8, 4) is 0 Å². The third-order valence-corrected chi connectivity index (χ3v) is 5.84. The first kappa shape index (κ1) is 15.3. The molecule has 2 aliphatic heterocycles. The molecule has 0 spiro atoms. The van der Waals surface area contributed by atoms with Crippen LogP contribution in [-0.2, 0) is 12.8 Å². The van der Waals surface area contributed by atoms with E-state index in [1.54, 1.807) is 0 Å². The van der Waals surface area contributed by atoms with Crippen molar-refractivity contribution in [1.29, 1.82) is 0 Å². The van der Waals surface area contributed by atoms with Crippen LogP contribution < -0.4 is 4.90 Å². The average Bonchev–Trinajstić information content (AvgIpc) is 2.54. The van der Waals surface area contributed by atoms with Gasteiger partial charge in [-0.05, 0) is 51.2 Å². The van der Waals surface area contributed by atoms with E-state index in [2.05, 4.69) is 44.8 Å². The molecule has 5 heteroatoms. The Hall–Kier alpha value is -1.20. The molecule has 126 valence electrons. The zero-order valence-electron chi connectivity index (χ0n) is 14.5. The number of piperazine rings is 1. The number of rotatable bonds is 3. The molecule has 1 aliphatic carbocycles. The molecule has 0 N–H and O–H groups in total. The summed E-state index contributed by atoms with van der Waals surface area (Å²) in [6.45, 7) is 11.7. The van der Waals surface area contributed by atoms with Crippen LogP contribution in [0, 0.1) is 0 Å². The van der Waals surface area contributed by atoms with Gasteiger partial charge in [0.25, 0.3) is 0 Å². The van der Waals surface area contributed by atoms with E-state index in [1.165, 1.54) is 56.7 Å². The lowest BCUT2D eigenvalue weighted by Crippen LogP contribution is -2.63. The molecular weight excluding hydrogens is 286 g/mol. The Morgan fingerprint density at radius 3 is 2.48 bits per heavy atom. The van der Waals surface area contributed by atoms with Gasteiger partial charge in [0.15, 0.2) is 5.82 Å². The summed E-state index contributed by atoms with van der Waals surface area (Å²) in [5.74, 6) is 1.10. The number of nitrogens with zero attached hydrogens (tertiary/aromatic N) is 5. The van der Waals surface area contributed by atoms with Crippen molar-refractivity contribution in [1.82, 2.24) is 20.0 Å². The highest BCUT2D eigenvalue weighted by Gasteiger charge is 2.34. The molecule has 3 aliphatic rings. The van der Waals surface area contributed by atoms with Gasteiger partial charge in [0.2, 0.25) is 0 Å². The van der Waals surface area contributed by atoms with E-state index in [-0.39, 0.29) is 0 Å². The van der Waals surface area contributed by atoms with E-state index in [0.29, 0.717) is 12.1 Å². The predicted octanol–water partition coefficient (Wildman–Crippen LogP) is 1.57. The second-order valence-electron chi connectivity index (χ2n) is 7.61. The summed E-state index contributed by atoms with van der Waals surface area (Å²) < 4.78 is 0. The van der Waals surface area contributed by atoms with Crippen molar-refractivity contribution >= 4 is 5.82 Å². The van der Waals surface area contributed by atoms with Crippen molar-refractivity contribution in [3.05, 3.63) is 17.3 Å². The molecule has 5 nitrogen and oxygen atoms in total. The number of hydrogen-bond acceptors (Lipinski definition) is 5. The molecule has 0 unspecified atom stereocenters. The van der Waals surface area contributed by atoms with Gasteiger partial charge in [-0.2, -0.15) is 5.10 Å². The maximum absolute atomic E-state index is 4.48. The molecule has 2 fully saturated rings. The van der Waals surface area contributed by atoms with E-state index in [9.17, 15) is 0 Å². The fraction of sp³-hybridized carbons (Fsp3) is 0.778. The van der Waals surface area contributed by atoms with E-state index >= 15 is 0 Å². The van der Waals surface area contributed by atoms with Crippen molar-refractivity contribution in [2.75, 3.05) is 44.2 Å². The Kier molecular flexibility index (Phi) is 4.24. The fourth-order valence-electron chi connectivity index (χ4n) is 4.13. The second kappa shape index (κ2) is 6.36. The molecular formula is C18H29N5. The summed E-state index contributed by atoms with van der Waals surface area (Å²) in [7, 11) is 0. The molecule has 0 atom stereocenters. The topological polar surface area (TPSA) is 35.5 Å². The van der Waals surface area contributed by atoms with Gasteiger partial charge in [-0.1, -0.05) is 0 Å². The summed E-state index contributed by atoms with van der Waals surface area (Å²) in [4.78, 5) is 7.66. The molecule has 1 aromatic rings. The van der Waals surface area contributed by atoms with Crippen LogP contribution in [0.1, 0.15) is 37.9 Å². The van der Waals surface area contributed by atoms with Crippen LogP contribution in [0.4, 0.5) is 5.82 Å². The van der Waals surface area contributed by atoms with Gasteiger partial charge < -0.3 is 4.90 Å². The van der Waals surface area contributed by atoms with Crippen molar-refractivity contribution in [2.45, 2.75) is 51.6 Å². The van der Waals surface area contributed by atoms with Gasteiger partial charge >= 0.3 is 0 Å². The van der Waals surface area contributed by atoms with Crippen molar-refractivity contribution in [3.63, 3.8) is 0 Å². The predicted molar refractivity (Wildman–Crippen MR) is 93.0 cm³/mol. The first-order chi connectivity index (χ1) is 11.2. The standard InChI is InChI=1S/C18H29N5/c1-14(2)21-7-9-22(10-8-21)16-12-23(13-16)18-11-15-5-3-4-6-17(15)19-20-18/h11,14,16H,3-10,12-13H2,1-2H3. The number of fused-ring (bicyclic) bond motifs is 1.